The van der Waals surface area contributed by atoms with Crippen LogP contribution in [0.3, 0.4) is 0 Å². The minimum Gasteiger partial charge on any atom is -0.367 e. The molecule has 0 bridgehead atoms. The molecular weight excluding hydrogens is 277 g/mol. The molecule has 0 aliphatic rings. The van der Waals surface area contributed by atoms with Gasteiger partial charge in [-0.1, -0.05) is 41.9 Å². The molecule has 0 aliphatic carbocycles. The Morgan fingerprint density at radius 1 is 1.15 bits per heavy atom. The molecule has 106 valence electrons. The molecule has 2 atom stereocenters. The summed E-state index contributed by atoms with van der Waals surface area (Å²) in [5.74, 6) is -0.275. The highest BCUT2D eigenvalue weighted by Gasteiger charge is 2.17. The van der Waals surface area contributed by atoms with E-state index in [1.165, 1.54) is 12.1 Å². The lowest BCUT2D eigenvalue weighted by atomic mass is 10.0. The molecule has 4 heteroatoms. The third-order valence-corrected chi connectivity index (χ3v) is 3.42. The van der Waals surface area contributed by atoms with E-state index >= 15 is 0 Å². The van der Waals surface area contributed by atoms with Crippen molar-refractivity contribution in [3.63, 3.8) is 0 Å². The molecule has 0 amide bonds. The van der Waals surface area contributed by atoms with Crippen LogP contribution in [0.5, 0.6) is 0 Å². The van der Waals surface area contributed by atoms with Crippen LogP contribution in [0.15, 0.2) is 48.5 Å². The highest BCUT2D eigenvalue weighted by molar-refractivity contribution is 6.31. The molecule has 2 aromatic carbocycles. The molecule has 2 rings (SSSR count). The van der Waals surface area contributed by atoms with Crippen LogP contribution in [0.1, 0.15) is 24.2 Å². The normalized spacial score (nSPS) is 14.0. The maximum atomic E-state index is 13.0. The topological polar surface area (TPSA) is 35.2 Å². The number of hydrogen-bond acceptors (Lipinski definition) is 2. The molecule has 0 heterocycles. The lowest BCUT2D eigenvalue weighted by Crippen LogP contribution is -2.27. The molecule has 0 aliphatic heterocycles. The summed E-state index contributed by atoms with van der Waals surface area (Å²) in [6.45, 7) is 2.23. The van der Waals surface area contributed by atoms with Crippen molar-refractivity contribution in [3.8, 4) is 0 Å². The summed E-state index contributed by atoms with van der Waals surface area (Å²) in [7, 11) is 0. The van der Waals surface area contributed by atoms with E-state index in [9.17, 15) is 4.39 Å². The van der Waals surface area contributed by atoms with Crippen molar-refractivity contribution in [2.75, 3.05) is 0 Å². The molecule has 0 aromatic heterocycles. The minimum absolute atomic E-state index is 0.206. The lowest BCUT2D eigenvalue weighted by Gasteiger charge is -2.22. The molecule has 2 unspecified atom stereocenters. The second-order valence-corrected chi connectivity index (χ2v) is 5.14. The smallest absolute Gasteiger partial charge is 0.123 e. The second kappa shape index (κ2) is 6.84. The quantitative estimate of drug-likeness (QED) is 0.901. The van der Waals surface area contributed by atoms with Crippen LogP contribution in [-0.4, -0.2) is 6.04 Å². The van der Waals surface area contributed by atoms with E-state index in [1.807, 2.05) is 31.2 Å². The first-order chi connectivity index (χ1) is 9.58. The van der Waals surface area contributed by atoms with Gasteiger partial charge in [-0.2, -0.15) is 0 Å². The fourth-order valence-corrected chi connectivity index (χ4v) is 2.19. The van der Waals surface area contributed by atoms with Gasteiger partial charge in [0, 0.05) is 11.1 Å². The van der Waals surface area contributed by atoms with Crippen LogP contribution < -0.4 is 5.73 Å². The van der Waals surface area contributed by atoms with Crippen LogP contribution in [-0.2, 0) is 11.3 Å². The third-order valence-electron chi connectivity index (χ3n) is 3.05. The van der Waals surface area contributed by atoms with Crippen molar-refractivity contribution in [2.24, 2.45) is 5.73 Å². The van der Waals surface area contributed by atoms with Gasteiger partial charge < -0.3 is 10.5 Å². The van der Waals surface area contributed by atoms with Gasteiger partial charge in [-0.15, -0.1) is 0 Å². The second-order valence-electron chi connectivity index (χ2n) is 4.73. The highest BCUT2D eigenvalue weighted by Crippen LogP contribution is 2.24. The zero-order valence-electron chi connectivity index (χ0n) is 11.2. The van der Waals surface area contributed by atoms with Gasteiger partial charge in [0.15, 0.2) is 0 Å². The average molecular weight is 294 g/mol. The Kier molecular flexibility index (Phi) is 5.12. The summed E-state index contributed by atoms with van der Waals surface area (Å²) in [6, 6.07) is 13.5. The Labute approximate surface area is 123 Å². The Bertz CT molecular complexity index is 557. The molecule has 0 saturated heterocycles. The maximum absolute atomic E-state index is 13.0. The Morgan fingerprint density at radius 2 is 1.80 bits per heavy atom. The summed E-state index contributed by atoms with van der Waals surface area (Å²) in [5.41, 5.74) is 7.72. The van der Waals surface area contributed by atoms with Crippen molar-refractivity contribution in [2.45, 2.75) is 25.7 Å². The molecule has 0 radical (unpaired) electrons. The predicted octanol–water partition coefficient (Wildman–Crippen LogP) is 4.08. The fourth-order valence-electron chi connectivity index (χ4n) is 2.00. The first-order valence-electron chi connectivity index (χ1n) is 6.44. The summed E-state index contributed by atoms with van der Waals surface area (Å²) >= 11 is 6.09. The van der Waals surface area contributed by atoms with Gasteiger partial charge in [0.05, 0.1) is 12.7 Å². The first kappa shape index (κ1) is 15.0. The van der Waals surface area contributed by atoms with Crippen molar-refractivity contribution in [1.82, 2.24) is 0 Å². The van der Waals surface area contributed by atoms with Crippen molar-refractivity contribution in [3.05, 3.63) is 70.5 Å². The van der Waals surface area contributed by atoms with Crippen molar-refractivity contribution >= 4 is 11.6 Å². The lowest BCUT2D eigenvalue weighted by molar-refractivity contribution is 0.0259. The number of benzene rings is 2. The SMILES string of the molecule is CC(N)C(OCc1ccccc1Cl)c1ccc(F)cc1. The van der Waals surface area contributed by atoms with E-state index in [4.69, 9.17) is 22.1 Å². The summed E-state index contributed by atoms with van der Waals surface area (Å²) < 4.78 is 18.8. The summed E-state index contributed by atoms with van der Waals surface area (Å²) in [5, 5.41) is 0.662. The van der Waals surface area contributed by atoms with Gasteiger partial charge >= 0.3 is 0 Å². The van der Waals surface area contributed by atoms with Gasteiger partial charge in [0.2, 0.25) is 0 Å². The van der Waals surface area contributed by atoms with Gasteiger partial charge in [-0.3, -0.25) is 0 Å². The molecule has 0 spiro atoms. The van der Waals surface area contributed by atoms with Crippen LogP contribution in [0, 0.1) is 5.82 Å². The first-order valence-corrected chi connectivity index (χ1v) is 6.82. The van der Waals surface area contributed by atoms with Gasteiger partial charge in [0.25, 0.3) is 0 Å². The number of halogens is 2. The van der Waals surface area contributed by atoms with E-state index < -0.39 is 0 Å². The average Bonchev–Trinajstić information content (AvgIpc) is 2.42. The number of hydrogen-bond donors (Lipinski definition) is 1. The standard InChI is InChI=1S/C16H17ClFNO/c1-11(19)16(12-6-8-14(18)9-7-12)20-10-13-4-2-3-5-15(13)17/h2-9,11,16H,10,19H2,1H3. The predicted molar refractivity (Wildman–Crippen MR) is 79.0 cm³/mol. The van der Waals surface area contributed by atoms with Gasteiger partial charge in [-0.25, -0.2) is 4.39 Å². The van der Waals surface area contributed by atoms with Crippen LogP contribution in [0.25, 0.3) is 0 Å². The largest absolute Gasteiger partial charge is 0.367 e. The summed E-state index contributed by atoms with van der Waals surface area (Å²) in [4.78, 5) is 0. The van der Waals surface area contributed by atoms with Gasteiger partial charge in [-0.05, 0) is 36.2 Å². The molecule has 20 heavy (non-hydrogen) atoms. The Morgan fingerprint density at radius 3 is 2.40 bits per heavy atom. The summed E-state index contributed by atoms with van der Waals surface area (Å²) in [6.07, 6.45) is -0.299. The third kappa shape index (κ3) is 3.79. The van der Waals surface area contributed by atoms with Crippen LogP contribution in [0.4, 0.5) is 4.39 Å². The highest BCUT2D eigenvalue weighted by atomic mass is 35.5. The van der Waals surface area contributed by atoms with E-state index in [0.717, 1.165) is 11.1 Å². The number of ether oxygens (including phenoxy) is 1. The zero-order valence-corrected chi connectivity index (χ0v) is 12.0. The minimum atomic E-state index is -0.299. The Hall–Kier alpha value is -1.42. The van der Waals surface area contributed by atoms with Crippen molar-refractivity contribution < 1.29 is 9.13 Å². The molecular formula is C16H17ClFNO. The maximum Gasteiger partial charge on any atom is 0.123 e. The van der Waals surface area contributed by atoms with E-state index in [1.54, 1.807) is 12.1 Å². The zero-order chi connectivity index (χ0) is 14.5. The molecule has 2 aromatic rings. The number of rotatable bonds is 5. The molecule has 2 N–H and O–H groups in total. The van der Waals surface area contributed by atoms with Crippen LogP contribution in [0.2, 0.25) is 5.02 Å². The van der Waals surface area contributed by atoms with E-state index in [-0.39, 0.29) is 18.0 Å². The molecule has 2 nitrogen and oxygen atoms in total. The molecule has 0 saturated carbocycles. The fraction of sp³-hybridized carbons (Fsp3) is 0.250. The van der Waals surface area contributed by atoms with E-state index in [2.05, 4.69) is 0 Å². The Balaban J connectivity index is 2.11. The monoisotopic (exact) mass is 293 g/mol. The van der Waals surface area contributed by atoms with Gasteiger partial charge in [0.1, 0.15) is 5.82 Å². The van der Waals surface area contributed by atoms with Crippen molar-refractivity contribution in [1.29, 1.82) is 0 Å². The number of nitrogens with two attached hydrogens (primary N) is 1. The molecule has 0 fully saturated rings. The van der Waals surface area contributed by atoms with E-state index in [0.29, 0.717) is 11.6 Å². The van der Waals surface area contributed by atoms with Crippen LogP contribution >= 0.6 is 11.6 Å².